The van der Waals surface area contributed by atoms with Crippen LogP contribution in [0.3, 0.4) is 0 Å². The van der Waals surface area contributed by atoms with Gasteiger partial charge in [0.1, 0.15) is 5.71 Å². The molecule has 5 nitrogen and oxygen atoms in total. The summed E-state index contributed by atoms with van der Waals surface area (Å²) in [5.74, 6) is -1.29. The van der Waals surface area contributed by atoms with Crippen molar-refractivity contribution in [2.45, 2.75) is 19.4 Å². The Bertz CT molecular complexity index is 481. The fraction of sp³-hybridized carbons (Fsp3) is 0.333. The van der Waals surface area contributed by atoms with Gasteiger partial charge in [0.15, 0.2) is 0 Å². The van der Waals surface area contributed by atoms with Crippen molar-refractivity contribution in [1.29, 1.82) is 5.41 Å². The predicted octanol–water partition coefficient (Wildman–Crippen LogP) is 2.08. The van der Waals surface area contributed by atoms with Gasteiger partial charge in [-0.15, -0.1) is 0 Å². The molecule has 0 atom stereocenters. The highest BCUT2D eigenvalue weighted by Gasteiger charge is 2.17. The molecule has 18 heavy (non-hydrogen) atoms. The van der Waals surface area contributed by atoms with Gasteiger partial charge >= 0.3 is 5.97 Å². The Morgan fingerprint density at radius 3 is 2.61 bits per heavy atom. The molecule has 1 rings (SSSR count). The summed E-state index contributed by atoms with van der Waals surface area (Å²) in [4.78, 5) is 10.8. The van der Waals surface area contributed by atoms with Crippen LogP contribution >= 0.6 is 15.9 Å². The van der Waals surface area contributed by atoms with Crippen LogP contribution in [0.4, 0.5) is 5.69 Å². The van der Waals surface area contributed by atoms with Crippen molar-refractivity contribution in [3.05, 3.63) is 28.2 Å². The van der Waals surface area contributed by atoms with E-state index in [2.05, 4.69) is 21.2 Å². The largest absolute Gasteiger partial charge is 0.477 e. The number of benzene rings is 1. The van der Waals surface area contributed by atoms with E-state index in [1.165, 1.54) is 0 Å². The van der Waals surface area contributed by atoms with Crippen molar-refractivity contribution in [2.75, 3.05) is 11.9 Å². The molecule has 0 amide bonds. The van der Waals surface area contributed by atoms with Crippen molar-refractivity contribution in [1.82, 2.24) is 0 Å². The van der Waals surface area contributed by atoms with Crippen LogP contribution in [-0.2, 0) is 4.79 Å². The number of carboxylic acid groups (broad SMARTS) is 1. The van der Waals surface area contributed by atoms with Gasteiger partial charge in [0, 0.05) is 22.3 Å². The first-order valence-electron chi connectivity index (χ1n) is 5.29. The van der Waals surface area contributed by atoms with Crippen LogP contribution in [0.5, 0.6) is 0 Å². The summed E-state index contributed by atoms with van der Waals surface area (Å²) in [6, 6.07) is 4.90. The van der Waals surface area contributed by atoms with Crippen LogP contribution in [0.1, 0.15) is 19.4 Å². The second-order valence-electron chi connectivity index (χ2n) is 4.54. The van der Waals surface area contributed by atoms with E-state index in [1.54, 1.807) is 32.0 Å². The van der Waals surface area contributed by atoms with Crippen molar-refractivity contribution >= 4 is 33.3 Å². The van der Waals surface area contributed by atoms with Gasteiger partial charge in [-0.1, -0.05) is 15.9 Å². The molecule has 0 saturated heterocycles. The highest BCUT2D eigenvalue weighted by molar-refractivity contribution is 9.10. The van der Waals surface area contributed by atoms with Crippen LogP contribution in [0, 0.1) is 5.41 Å². The lowest BCUT2D eigenvalue weighted by atomic mass is 10.1. The van der Waals surface area contributed by atoms with Crippen molar-refractivity contribution in [3.8, 4) is 0 Å². The Morgan fingerprint density at radius 2 is 2.11 bits per heavy atom. The zero-order valence-corrected chi connectivity index (χ0v) is 11.7. The Kier molecular flexibility index (Phi) is 4.48. The Balaban J connectivity index is 3.04. The molecule has 0 aliphatic carbocycles. The highest BCUT2D eigenvalue weighted by Crippen LogP contribution is 2.22. The predicted molar refractivity (Wildman–Crippen MR) is 73.4 cm³/mol. The molecule has 0 spiro atoms. The van der Waals surface area contributed by atoms with E-state index in [0.717, 1.165) is 4.47 Å². The van der Waals surface area contributed by atoms with E-state index in [1.807, 2.05) is 0 Å². The van der Waals surface area contributed by atoms with Crippen molar-refractivity contribution < 1.29 is 15.0 Å². The number of halogens is 1. The van der Waals surface area contributed by atoms with Gasteiger partial charge in [-0.25, -0.2) is 4.79 Å². The van der Waals surface area contributed by atoms with Gasteiger partial charge in [0.2, 0.25) is 0 Å². The van der Waals surface area contributed by atoms with Crippen LogP contribution in [0.15, 0.2) is 22.7 Å². The fourth-order valence-corrected chi connectivity index (χ4v) is 1.67. The third-order valence-electron chi connectivity index (χ3n) is 2.18. The summed E-state index contributed by atoms with van der Waals surface area (Å²) >= 11 is 3.28. The highest BCUT2D eigenvalue weighted by atomic mass is 79.9. The molecule has 0 bridgehead atoms. The average molecular weight is 315 g/mol. The average Bonchev–Trinajstić information content (AvgIpc) is 2.24. The maximum Gasteiger partial charge on any atom is 0.354 e. The standard InChI is InChI=1S/C12H15BrN2O3/c1-12(2,18)6-15-9-5-7(13)3-4-8(9)10(14)11(16)17/h3-5,14-15,18H,6H2,1-2H3,(H,16,17). The first-order chi connectivity index (χ1) is 8.20. The molecule has 0 aromatic heterocycles. The van der Waals surface area contributed by atoms with Crippen LogP contribution in [-0.4, -0.2) is 34.0 Å². The monoisotopic (exact) mass is 314 g/mol. The summed E-state index contributed by atoms with van der Waals surface area (Å²) in [6.45, 7) is 3.53. The van der Waals surface area contributed by atoms with Crippen molar-refractivity contribution in [2.24, 2.45) is 0 Å². The SMILES string of the molecule is CC(C)(O)CNc1cc(Br)ccc1C(=N)C(=O)O. The lowest BCUT2D eigenvalue weighted by Gasteiger charge is -2.20. The van der Waals surface area contributed by atoms with Crippen LogP contribution < -0.4 is 5.32 Å². The molecular formula is C12H15BrN2O3. The summed E-state index contributed by atoms with van der Waals surface area (Å²) < 4.78 is 0.766. The number of rotatable bonds is 5. The number of hydrogen-bond donors (Lipinski definition) is 4. The maximum absolute atomic E-state index is 10.8. The van der Waals surface area contributed by atoms with Gasteiger partial charge in [-0.3, -0.25) is 5.41 Å². The molecule has 6 heteroatoms. The summed E-state index contributed by atoms with van der Waals surface area (Å²) in [7, 11) is 0. The van der Waals surface area contributed by atoms with Gasteiger partial charge in [0.05, 0.1) is 5.60 Å². The topological polar surface area (TPSA) is 93.4 Å². The Morgan fingerprint density at radius 1 is 1.50 bits per heavy atom. The van der Waals surface area contributed by atoms with E-state index in [0.29, 0.717) is 5.69 Å². The zero-order chi connectivity index (χ0) is 13.9. The lowest BCUT2D eigenvalue weighted by molar-refractivity contribution is -0.129. The van der Waals surface area contributed by atoms with E-state index in [9.17, 15) is 9.90 Å². The Labute approximate surface area is 113 Å². The number of aliphatic hydroxyl groups is 1. The van der Waals surface area contributed by atoms with Gasteiger partial charge in [0.25, 0.3) is 0 Å². The normalized spacial score (nSPS) is 11.1. The summed E-state index contributed by atoms with van der Waals surface area (Å²) in [5, 5.41) is 28.9. The molecule has 0 aliphatic rings. The van der Waals surface area contributed by atoms with Crippen LogP contribution in [0.25, 0.3) is 0 Å². The van der Waals surface area contributed by atoms with Crippen molar-refractivity contribution in [3.63, 3.8) is 0 Å². The molecule has 98 valence electrons. The number of hydrogen-bond acceptors (Lipinski definition) is 4. The summed E-state index contributed by atoms with van der Waals surface area (Å²) in [5.41, 5.74) is -0.625. The second kappa shape index (κ2) is 5.49. The number of carbonyl (C=O) groups is 1. The third kappa shape index (κ3) is 4.12. The van der Waals surface area contributed by atoms with Gasteiger partial charge in [-0.2, -0.15) is 0 Å². The van der Waals surface area contributed by atoms with E-state index >= 15 is 0 Å². The quantitative estimate of drug-likeness (QED) is 0.626. The van der Waals surface area contributed by atoms with Crippen LogP contribution in [0.2, 0.25) is 0 Å². The molecule has 4 N–H and O–H groups in total. The second-order valence-corrected chi connectivity index (χ2v) is 5.45. The molecule has 0 fully saturated rings. The molecule has 1 aromatic rings. The molecular weight excluding hydrogens is 300 g/mol. The van der Waals surface area contributed by atoms with Gasteiger partial charge < -0.3 is 15.5 Å². The fourth-order valence-electron chi connectivity index (χ4n) is 1.31. The molecule has 0 saturated carbocycles. The Hall–Kier alpha value is -1.40. The molecule has 0 unspecified atom stereocenters. The smallest absolute Gasteiger partial charge is 0.354 e. The van der Waals surface area contributed by atoms with E-state index < -0.39 is 17.3 Å². The lowest BCUT2D eigenvalue weighted by Crippen LogP contribution is -2.30. The molecule has 1 aromatic carbocycles. The minimum Gasteiger partial charge on any atom is -0.477 e. The number of carboxylic acids is 1. The molecule has 0 aliphatic heterocycles. The minimum atomic E-state index is -1.29. The molecule has 0 radical (unpaired) electrons. The maximum atomic E-state index is 10.8. The number of aliphatic carboxylic acids is 1. The van der Waals surface area contributed by atoms with E-state index in [4.69, 9.17) is 10.5 Å². The third-order valence-corrected chi connectivity index (χ3v) is 2.67. The summed E-state index contributed by atoms with van der Waals surface area (Å²) in [6.07, 6.45) is 0. The first kappa shape index (κ1) is 14.7. The minimum absolute atomic E-state index is 0.253. The number of anilines is 1. The number of nitrogens with one attached hydrogen (secondary N) is 2. The van der Waals surface area contributed by atoms with E-state index in [-0.39, 0.29) is 12.1 Å². The molecule has 0 heterocycles. The zero-order valence-electron chi connectivity index (χ0n) is 10.1. The first-order valence-corrected chi connectivity index (χ1v) is 6.08. The van der Waals surface area contributed by atoms with Gasteiger partial charge in [-0.05, 0) is 32.0 Å².